The van der Waals surface area contributed by atoms with Crippen LogP contribution in [-0.2, 0) is 4.74 Å². The fourth-order valence-corrected chi connectivity index (χ4v) is 2.36. The number of ether oxygens (including phenoxy) is 2. The summed E-state index contributed by atoms with van der Waals surface area (Å²) >= 11 is 0. The Morgan fingerprint density at radius 2 is 2.20 bits per heavy atom. The Kier molecular flexibility index (Phi) is 5.40. The van der Waals surface area contributed by atoms with Gasteiger partial charge in [-0.05, 0) is 26.2 Å². The van der Waals surface area contributed by atoms with Crippen LogP contribution in [0.15, 0.2) is 6.33 Å². The number of nitrogens with zero attached hydrogens (tertiary/aromatic N) is 2. The van der Waals surface area contributed by atoms with Crippen molar-refractivity contribution in [2.24, 2.45) is 0 Å². The third kappa shape index (κ3) is 3.72. The highest BCUT2D eigenvalue weighted by Crippen LogP contribution is 2.30. The molecule has 0 saturated carbocycles. The number of rotatable bonds is 6. The van der Waals surface area contributed by atoms with Gasteiger partial charge in [0.05, 0.1) is 13.2 Å². The molecule has 1 aliphatic heterocycles. The SMILES string of the molecule is CCCNc1ncnc(NC2CCOC(C)C2)c1OC. The highest BCUT2D eigenvalue weighted by molar-refractivity contribution is 5.63. The highest BCUT2D eigenvalue weighted by Gasteiger charge is 2.21. The number of anilines is 2. The van der Waals surface area contributed by atoms with Crippen LogP contribution in [0.1, 0.15) is 33.1 Å². The fourth-order valence-electron chi connectivity index (χ4n) is 2.36. The molecule has 20 heavy (non-hydrogen) atoms. The summed E-state index contributed by atoms with van der Waals surface area (Å²) in [5.74, 6) is 2.17. The van der Waals surface area contributed by atoms with Crippen LogP contribution in [0.25, 0.3) is 0 Å². The molecule has 0 amide bonds. The molecular formula is C14H24N4O2. The Hall–Kier alpha value is -1.56. The Balaban J connectivity index is 2.09. The van der Waals surface area contributed by atoms with Crippen molar-refractivity contribution in [2.45, 2.75) is 45.3 Å². The average molecular weight is 280 g/mol. The Labute approximate surface area is 120 Å². The minimum absolute atomic E-state index is 0.284. The molecule has 2 heterocycles. The van der Waals surface area contributed by atoms with E-state index in [1.54, 1.807) is 13.4 Å². The van der Waals surface area contributed by atoms with Crippen molar-refractivity contribution in [1.82, 2.24) is 9.97 Å². The molecule has 1 fully saturated rings. The maximum Gasteiger partial charge on any atom is 0.204 e. The van der Waals surface area contributed by atoms with Gasteiger partial charge in [-0.2, -0.15) is 0 Å². The second kappa shape index (κ2) is 7.28. The molecule has 0 aliphatic carbocycles. The van der Waals surface area contributed by atoms with Crippen LogP contribution in [0.3, 0.4) is 0 Å². The van der Waals surface area contributed by atoms with E-state index in [0.29, 0.717) is 11.8 Å². The topological polar surface area (TPSA) is 68.3 Å². The molecule has 6 heteroatoms. The van der Waals surface area contributed by atoms with Crippen LogP contribution >= 0.6 is 0 Å². The van der Waals surface area contributed by atoms with E-state index in [0.717, 1.165) is 44.0 Å². The fraction of sp³-hybridized carbons (Fsp3) is 0.714. The summed E-state index contributed by atoms with van der Waals surface area (Å²) in [6, 6.07) is 0.363. The first-order valence-electron chi connectivity index (χ1n) is 7.25. The van der Waals surface area contributed by atoms with Crippen LogP contribution in [0.2, 0.25) is 0 Å². The van der Waals surface area contributed by atoms with Crippen LogP contribution in [0, 0.1) is 0 Å². The van der Waals surface area contributed by atoms with Gasteiger partial charge in [0.1, 0.15) is 6.33 Å². The van der Waals surface area contributed by atoms with Gasteiger partial charge in [0.15, 0.2) is 11.6 Å². The minimum Gasteiger partial charge on any atom is -0.490 e. The second-order valence-corrected chi connectivity index (χ2v) is 5.08. The number of methoxy groups -OCH3 is 1. The van der Waals surface area contributed by atoms with Gasteiger partial charge in [-0.1, -0.05) is 6.92 Å². The lowest BCUT2D eigenvalue weighted by Crippen LogP contribution is -2.33. The zero-order chi connectivity index (χ0) is 14.4. The smallest absolute Gasteiger partial charge is 0.204 e. The number of hydrogen-bond acceptors (Lipinski definition) is 6. The Morgan fingerprint density at radius 1 is 1.40 bits per heavy atom. The molecule has 0 spiro atoms. The summed E-state index contributed by atoms with van der Waals surface area (Å²) in [6.45, 7) is 5.86. The third-order valence-corrected chi connectivity index (χ3v) is 3.38. The molecular weight excluding hydrogens is 256 g/mol. The average Bonchev–Trinajstić information content (AvgIpc) is 2.45. The van der Waals surface area contributed by atoms with E-state index in [-0.39, 0.29) is 6.10 Å². The predicted molar refractivity (Wildman–Crippen MR) is 79.4 cm³/mol. The molecule has 1 aromatic heterocycles. The standard InChI is InChI=1S/C14H24N4O2/c1-4-6-15-13-12(19-3)14(17-9-16-13)18-11-5-7-20-10(2)8-11/h9-11H,4-8H2,1-3H3,(H2,15,16,17,18). The van der Waals surface area contributed by atoms with E-state index in [4.69, 9.17) is 9.47 Å². The molecule has 1 aromatic rings. The molecule has 6 nitrogen and oxygen atoms in total. The summed E-state index contributed by atoms with van der Waals surface area (Å²) in [4.78, 5) is 8.55. The van der Waals surface area contributed by atoms with E-state index in [2.05, 4.69) is 34.4 Å². The van der Waals surface area contributed by atoms with Crippen molar-refractivity contribution in [1.29, 1.82) is 0 Å². The van der Waals surface area contributed by atoms with Crippen LogP contribution in [-0.4, -0.2) is 42.4 Å². The lowest BCUT2D eigenvalue weighted by molar-refractivity contribution is 0.0231. The molecule has 112 valence electrons. The van der Waals surface area contributed by atoms with Crippen molar-refractivity contribution < 1.29 is 9.47 Å². The molecule has 0 bridgehead atoms. The molecule has 0 radical (unpaired) electrons. The summed E-state index contributed by atoms with van der Waals surface area (Å²) in [5, 5.41) is 6.71. The molecule has 1 saturated heterocycles. The molecule has 2 atom stereocenters. The lowest BCUT2D eigenvalue weighted by atomic mass is 10.0. The Morgan fingerprint density at radius 3 is 2.90 bits per heavy atom. The maximum absolute atomic E-state index is 5.56. The molecule has 1 aliphatic rings. The van der Waals surface area contributed by atoms with Crippen LogP contribution < -0.4 is 15.4 Å². The van der Waals surface area contributed by atoms with E-state index in [9.17, 15) is 0 Å². The zero-order valence-corrected chi connectivity index (χ0v) is 12.5. The van der Waals surface area contributed by atoms with Gasteiger partial charge >= 0.3 is 0 Å². The van der Waals surface area contributed by atoms with Gasteiger partial charge < -0.3 is 20.1 Å². The van der Waals surface area contributed by atoms with E-state index in [1.165, 1.54) is 0 Å². The number of hydrogen-bond donors (Lipinski definition) is 2. The van der Waals surface area contributed by atoms with Gasteiger partial charge in [0.2, 0.25) is 5.75 Å². The van der Waals surface area contributed by atoms with Crippen molar-refractivity contribution in [3.05, 3.63) is 6.33 Å². The van der Waals surface area contributed by atoms with E-state index in [1.807, 2.05) is 0 Å². The first-order chi connectivity index (χ1) is 9.74. The van der Waals surface area contributed by atoms with Crippen LogP contribution in [0.4, 0.5) is 11.6 Å². The Bertz CT molecular complexity index is 428. The monoisotopic (exact) mass is 280 g/mol. The normalized spacial score (nSPS) is 22.4. The molecule has 2 unspecified atom stereocenters. The van der Waals surface area contributed by atoms with E-state index >= 15 is 0 Å². The van der Waals surface area contributed by atoms with Crippen molar-refractivity contribution in [3.63, 3.8) is 0 Å². The number of nitrogens with one attached hydrogen (secondary N) is 2. The maximum atomic E-state index is 5.56. The second-order valence-electron chi connectivity index (χ2n) is 5.08. The summed E-state index contributed by atoms with van der Waals surface area (Å²) < 4.78 is 11.0. The number of aromatic nitrogens is 2. The van der Waals surface area contributed by atoms with Crippen molar-refractivity contribution >= 4 is 11.6 Å². The predicted octanol–water partition coefficient (Wildman–Crippen LogP) is 2.29. The van der Waals surface area contributed by atoms with Crippen molar-refractivity contribution in [3.8, 4) is 5.75 Å². The third-order valence-electron chi connectivity index (χ3n) is 3.38. The first-order valence-corrected chi connectivity index (χ1v) is 7.25. The van der Waals surface area contributed by atoms with Gasteiger partial charge in [-0.15, -0.1) is 0 Å². The molecule has 2 rings (SSSR count). The summed E-state index contributed by atoms with van der Waals surface area (Å²) in [7, 11) is 1.65. The summed E-state index contributed by atoms with van der Waals surface area (Å²) in [6.07, 6.45) is 4.84. The first kappa shape index (κ1) is 14.8. The molecule has 2 N–H and O–H groups in total. The van der Waals surface area contributed by atoms with Gasteiger partial charge in [0.25, 0.3) is 0 Å². The van der Waals surface area contributed by atoms with Gasteiger partial charge in [-0.25, -0.2) is 9.97 Å². The van der Waals surface area contributed by atoms with Gasteiger partial charge in [-0.3, -0.25) is 0 Å². The van der Waals surface area contributed by atoms with E-state index < -0.39 is 0 Å². The highest BCUT2D eigenvalue weighted by atomic mass is 16.5. The summed E-state index contributed by atoms with van der Waals surface area (Å²) in [5.41, 5.74) is 0. The van der Waals surface area contributed by atoms with Crippen LogP contribution in [0.5, 0.6) is 5.75 Å². The minimum atomic E-state index is 0.284. The quantitative estimate of drug-likeness (QED) is 0.833. The van der Waals surface area contributed by atoms with Crippen molar-refractivity contribution in [2.75, 3.05) is 30.9 Å². The zero-order valence-electron chi connectivity index (χ0n) is 12.5. The lowest BCUT2D eigenvalue weighted by Gasteiger charge is -2.28. The largest absolute Gasteiger partial charge is 0.490 e. The van der Waals surface area contributed by atoms with Gasteiger partial charge in [0, 0.05) is 19.2 Å². The molecule has 0 aromatic carbocycles.